The zero-order chi connectivity index (χ0) is 20.3. The molecule has 0 saturated heterocycles. The Morgan fingerprint density at radius 2 is 1.64 bits per heavy atom. The molecule has 5 nitrogen and oxygen atoms in total. The minimum absolute atomic E-state index is 0.155. The van der Waals surface area contributed by atoms with Crippen LogP contribution in [-0.4, -0.2) is 20.9 Å². The first-order valence-electron chi connectivity index (χ1n) is 8.54. The third-order valence-electron chi connectivity index (χ3n) is 4.37. The molecule has 0 amide bonds. The number of carboxylic acid groups (broad SMARTS) is 1. The molecule has 0 aliphatic rings. The molecule has 3 N–H and O–H groups in total. The fraction of sp³-hybridized carbons (Fsp3) is 0.200. The molecule has 1 heterocycles. The number of nitrogens with zero attached hydrogens (tertiary/aromatic N) is 2. The van der Waals surface area contributed by atoms with Gasteiger partial charge in [0.2, 0.25) is 0 Å². The maximum absolute atomic E-state index is 13.2. The van der Waals surface area contributed by atoms with Gasteiger partial charge in [0.25, 0.3) is 0 Å². The number of nitrogens with two attached hydrogens (primary N) is 1. The van der Waals surface area contributed by atoms with E-state index in [0.29, 0.717) is 24.2 Å². The summed E-state index contributed by atoms with van der Waals surface area (Å²) in [6, 6.07) is 14.2. The van der Waals surface area contributed by atoms with Crippen LogP contribution in [-0.2, 0) is 25.7 Å². The number of aryl methyl sites for hydroxylation is 2. The van der Waals surface area contributed by atoms with Crippen LogP contribution >= 0.6 is 0 Å². The zero-order valence-electron chi connectivity index (χ0n) is 14.8. The van der Waals surface area contributed by atoms with Crippen molar-refractivity contribution in [2.45, 2.75) is 25.7 Å². The predicted molar refractivity (Wildman–Crippen MR) is 97.7 cm³/mol. The van der Waals surface area contributed by atoms with E-state index in [9.17, 15) is 18.0 Å². The van der Waals surface area contributed by atoms with Gasteiger partial charge in [-0.25, -0.2) is 4.79 Å². The second-order valence-corrected chi connectivity index (χ2v) is 6.29. The van der Waals surface area contributed by atoms with Crippen LogP contribution in [0.4, 0.5) is 13.2 Å². The quantitative estimate of drug-likeness (QED) is 0.669. The first-order chi connectivity index (χ1) is 13.3. The van der Waals surface area contributed by atoms with Gasteiger partial charge in [-0.3, -0.25) is 4.68 Å². The predicted octanol–water partition coefficient (Wildman–Crippen LogP) is 3.97. The van der Waals surface area contributed by atoms with Crippen molar-refractivity contribution < 1.29 is 23.1 Å². The topological polar surface area (TPSA) is 81.1 Å². The molecule has 2 aromatic carbocycles. The number of carboxylic acids is 1. The standard InChI is InChI=1S/C20H18F3N3O2/c21-20(22,23)18-11-17(15-5-3-14(12-24)4-6-15)26(25-18)10-9-13-1-7-16(8-2-13)19(27)28/h1-8,11H,9-10,12,24H2,(H,27,28). The second-order valence-electron chi connectivity index (χ2n) is 6.29. The number of hydrogen-bond acceptors (Lipinski definition) is 3. The van der Waals surface area contributed by atoms with Crippen molar-refractivity contribution in [3.05, 3.63) is 77.0 Å². The van der Waals surface area contributed by atoms with Crippen LogP contribution < -0.4 is 5.73 Å². The summed E-state index contributed by atoms with van der Waals surface area (Å²) in [4.78, 5) is 10.9. The first kappa shape index (κ1) is 19.6. The summed E-state index contributed by atoms with van der Waals surface area (Å²) in [5.74, 6) is -1.03. The van der Waals surface area contributed by atoms with Crippen LogP contribution in [0.15, 0.2) is 54.6 Å². The molecule has 0 bridgehead atoms. The highest BCUT2D eigenvalue weighted by atomic mass is 19.4. The van der Waals surface area contributed by atoms with E-state index in [4.69, 9.17) is 10.8 Å². The SMILES string of the molecule is NCc1ccc(-c2cc(C(F)(F)F)nn2CCc2ccc(C(=O)O)cc2)cc1. The molecule has 8 heteroatoms. The molecule has 0 spiro atoms. The van der Waals surface area contributed by atoms with Gasteiger partial charge in [0.15, 0.2) is 5.69 Å². The molecule has 0 radical (unpaired) electrons. The second kappa shape index (κ2) is 7.85. The van der Waals surface area contributed by atoms with Gasteiger partial charge in [-0.2, -0.15) is 18.3 Å². The van der Waals surface area contributed by atoms with Crippen LogP contribution in [0.1, 0.15) is 27.2 Å². The van der Waals surface area contributed by atoms with Crippen LogP contribution in [0.3, 0.4) is 0 Å². The Labute approximate surface area is 159 Å². The van der Waals surface area contributed by atoms with Crippen LogP contribution in [0.25, 0.3) is 11.3 Å². The van der Waals surface area contributed by atoms with Gasteiger partial charge in [-0.1, -0.05) is 36.4 Å². The number of aromatic nitrogens is 2. The van der Waals surface area contributed by atoms with Crippen LogP contribution in [0.2, 0.25) is 0 Å². The van der Waals surface area contributed by atoms with Crippen molar-refractivity contribution in [2.24, 2.45) is 5.73 Å². The van der Waals surface area contributed by atoms with Gasteiger partial charge in [0, 0.05) is 13.1 Å². The summed E-state index contributed by atoms with van der Waals surface area (Å²) in [7, 11) is 0. The highest BCUT2D eigenvalue weighted by Gasteiger charge is 2.35. The summed E-state index contributed by atoms with van der Waals surface area (Å²) in [5.41, 5.74) is 7.43. The van der Waals surface area contributed by atoms with E-state index in [1.165, 1.54) is 16.8 Å². The summed E-state index contributed by atoms with van der Waals surface area (Å²) in [6.07, 6.45) is -4.13. The van der Waals surface area contributed by atoms with Gasteiger partial charge in [-0.05, 0) is 41.3 Å². The van der Waals surface area contributed by atoms with E-state index in [0.717, 1.165) is 17.2 Å². The van der Waals surface area contributed by atoms with E-state index in [-0.39, 0.29) is 12.1 Å². The molecule has 28 heavy (non-hydrogen) atoms. The Morgan fingerprint density at radius 1 is 1.04 bits per heavy atom. The van der Waals surface area contributed by atoms with E-state index in [1.54, 1.807) is 36.4 Å². The normalized spacial score (nSPS) is 11.6. The molecule has 0 atom stereocenters. The van der Waals surface area contributed by atoms with Gasteiger partial charge >= 0.3 is 12.1 Å². The number of benzene rings is 2. The third kappa shape index (κ3) is 4.40. The Kier molecular flexibility index (Phi) is 5.51. The van der Waals surface area contributed by atoms with Gasteiger partial charge in [-0.15, -0.1) is 0 Å². The van der Waals surface area contributed by atoms with E-state index < -0.39 is 17.8 Å². The molecule has 3 rings (SSSR count). The Balaban J connectivity index is 1.87. The molecular weight excluding hydrogens is 371 g/mol. The van der Waals surface area contributed by atoms with Gasteiger partial charge < -0.3 is 10.8 Å². The summed E-state index contributed by atoms with van der Waals surface area (Å²) >= 11 is 0. The van der Waals surface area contributed by atoms with E-state index >= 15 is 0 Å². The molecule has 3 aromatic rings. The Hall–Kier alpha value is -3.13. The van der Waals surface area contributed by atoms with Crippen LogP contribution in [0.5, 0.6) is 0 Å². The third-order valence-corrected chi connectivity index (χ3v) is 4.37. The number of aromatic carboxylic acids is 1. The van der Waals surface area contributed by atoms with E-state index in [1.807, 2.05) is 0 Å². The number of halogens is 3. The zero-order valence-corrected chi connectivity index (χ0v) is 14.8. The smallest absolute Gasteiger partial charge is 0.435 e. The lowest BCUT2D eigenvalue weighted by molar-refractivity contribution is -0.141. The number of rotatable bonds is 6. The minimum Gasteiger partial charge on any atom is -0.478 e. The van der Waals surface area contributed by atoms with Crippen molar-refractivity contribution in [3.8, 4) is 11.3 Å². The number of carbonyl (C=O) groups is 1. The summed E-state index contributed by atoms with van der Waals surface area (Å²) in [6.45, 7) is 0.566. The lowest BCUT2D eigenvalue weighted by atomic mass is 10.1. The maximum atomic E-state index is 13.2. The monoisotopic (exact) mass is 389 g/mol. The largest absolute Gasteiger partial charge is 0.478 e. The van der Waals surface area contributed by atoms with Gasteiger partial charge in [0.05, 0.1) is 11.3 Å². The summed E-state index contributed by atoms with van der Waals surface area (Å²) in [5, 5.41) is 12.7. The van der Waals surface area contributed by atoms with Crippen molar-refractivity contribution >= 4 is 5.97 Å². The Bertz CT molecular complexity index is 962. The molecular formula is C20H18F3N3O2. The first-order valence-corrected chi connectivity index (χ1v) is 8.54. The lowest BCUT2D eigenvalue weighted by Gasteiger charge is -2.09. The van der Waals surface area contributed by atoms with Crippen molar-refractivity contribution in [3.63, 3.8) is 0 Å². The number of alkyl halides is 3. The lowest BCUT2D eigenvalue weighted by Crippen LogP contribution is -2.09. The van der Waals surface area contributed by atoms with E-state index in [2.05, 4.69) is 5.10 Å². The molecule has 0 unspecified atom stereocenters. The number of hydrogen-bond donors (Lipinski definition) is 2. The fourth-order valence-corrected chi connectivity index (χ4v) is 2.82. The van der Waals surface area contributed by atoms with Crippen molar-refractivity contribution in [1.29, 1.82) is 0 Å². The van der Waals surface area contributed by atoms with Crippen molar-refractivity contribution in [2.75, 3.05) is 0 Å². The average Bonchev–Trinajstić information content (AvgIpc) is 3.11. The molecule has 146 valence electrons. The minimum atomic E-state index is -4.54. The average molecular weight is 389 g/mol. The summed E-state index contributed by atoms with van der Waals surface area (Å²) < 4.78 is 40.8. The van der Waals surface area contributed by atoms with Gasteiger partial charge in [0.1, 0.15) is 0 Å². The molecule has 0 aliphatic carbocycles. The highest BCUT2D eigenvalue weighted by Crippen LogP contribution is 2.32. The molecule has 0 fully saturated rings. The fourth-order valence-electron chi connectivity index (χ4n) is 2.82. The Morgan fingerprint density at radius 3 is 2.18 bits per heavy atom. The highest BCUT2D eigenvalue weighted by molar-refractivity contribution is 5.87. The molecule has 0 saturated carbocycles. The van der Waals surface area contributed by atoms with Crippen molar-refractivity contribution in [1.82, 2.24) is 9.78 Å². The molecule has 0 aliphatic heterocycles. The van der Waals surface area contributed by atoms with Crippen LogP contribution in [0, 0.1) is 0 Å². The molecule has 1 aromatic heterocycles. The maximum Gasteiger partial charge on any atom is 0.435 e.